The van der Waals surface area contributed by atoms with Crippen molar-refractivity contribution in [3.05, 3.63) is 0 Å². The van der Waals surface area contributed by atoms with Crippen molar-refractivity contribution in [1.82, 2.24) is 0 Å². The van der Waals surface area contributed by atoms with Crippen LogP contribution in [0.3, 0.4) is 0 Å². The van der Waals surface area contributed by atoms with Gasteiger partial charge >= 0.3 is 0 Å². The summed E-state index contributed by atoms with van der Waals surface area (Å²) in [4.78, 5) is 0. The predicted molar refractivity (Wildman–Crippen MR) is 309 cm³/mol. The van der Waals surface area contributed by atoms with Crippen molar-refractivity contribution < 1.29 is 9.16 Å². The van der Waals surface area contributed by atoms with Gasteiger partial charge in [0.25, 0.3) is 0 Å². The molecule has 0 aliphatic heterocycles. The molecule has 0 aromatic heterocycles. The quantitative estimate of drug-likeness (QED) is 0.0447. The number of rotatable bonds is 62. The number of hydrogen-bond donors (Lipinski definition) is 0. The zero-order valence-electron chi connectivity index (χ0n) is 47.7. The Morgan fingerprint density at radius 3 is 0.522 bits per heavy atom. The number of hydrogen-bond acceptors (Lipinski definition) is 2. The summed E-state index contributed by atoms with van der Waals surface area (Å²) in [6, 6.07) is 4.24. The lowest BCUT2D eigenvalue weighted by Gasteiger charge is -2.32. The van der Waals surface area contributed by atoms with Crippen LogP contribution in [0.2, 0.25) is 18.1 Å². The lowest BCUT2D eigenvalue weighted by atomic mass is 10.0. The highest BCUT2D eigenvalue weighted by Crippen LogP contribution is 2.32. The van der Waals surface area contributed by atoms with Crippen molar-refractivity contribution in [3.8, 4) is 0 Å². The Morgan fingerprint density at radius 1 is 0.194 bits per heavy atom. The molecule has 0 rings (SSSR count). The Balaban J connectivity index is 4.54. The van der Waals surface area contributed by atoms with Gasteiger partial charge in [0.2, 0.25) is 0 Å². The number of ether oxygens (including phenoxy) is 1. The van der Waals surface area contributed by atoms with Gasteiger partial charge in [0.15, 0.2) is 8.32 Å². The molecule has 0 atom stereocenters. The Morgan fingerprint density at radius 2 is 0.358 bits per heavy atom. The lowest BCUT2D eigenvalue weighted by Crippen LogP contribution is -2.39. The van der Waals surface area contributed by atoms with Gasteiger partial charge in [-0.2, -0.15) is 0 Å². The van der Waals surface area contributed by atoms with Crippen molar-refractivity contribution in [1.29, 1.82) is 0 Å². The van der Waals surface area contributed by atoms with Gasteiger partial charge < -0.3 is 9.16 Å². The van der Waals surface area contributed by atoms with Crippen LogP contribution in [-0.2, 0) is 9.16 Å². The maximum absolute atomic E-state index is 7.15. The van der Waals surface area contributed by atoms with Crippen LogP contribution in [0.25, 0.3) is 0 Å². The first kappa shape index (κ1) is 67.1. The second-order valence-electron chi connectivity index (χ2n) is 22.5. The van der Waals surface area contributed by atoms with Crippen molar-refractivity contribution >= 4 is 8.32 Å². The van der Waals surface area contributed by atoms with E-state index in [-0.39, 0.29) is 0 Å². The summed E-state index contributed by atoms with van der Waals surface area (Å²) in [5.41, 5.74) is 0. The third-order valence-electron chi connectivity index (χ3n) is 15.8. The fourth-order valence-electron chi connectivity index (χ4n) is 11.1. The Bertz CT molecular complexity index is 748. The average molecular weight is 962 g/mol. The highest BCUT2D eigenvalue weighted by molar-refractivity contribution is 6.73. The van der Waals surface area contributed by atoms with E-state index in [1.807, 2.05) is 0 Å². The minimum Gasteiger partial charge on any atom is -0.414 e. The van der Waals surface area contributed by atoms with E-state index < -0.39 is 8.32 Å². The van der Waals surface area contributed by atoms with Gasteiger partial charge in [-0.1, -0.05) is 367 Å². The standard InChI is InChI=1S/C64H132O2Si/c1-5-9-12-15-18-21-24-27-30-33-36-39-42-45-48-51-54-57-62-67(66-61-60-65-8-4,63-58-55-52-49-46-43-40-37-34-31-28-25-22-19-16-13-10-6-2)64-59-56-53-50-47-44-41-38-35-32-29-26-23-20-17-14-11-7-3/h5-64H2,1-4H3. The molecule has 0 fully saturated rings. The molecule has 0 radical (unpaired) electrons. The van der Waals surface area contributed by atoms with Crippen LogP contribution in [0, 0.1) is 0 Å². The largest absolute Gasteiger partial charge is 0.414 e. The first-order valence-electron chi connectivity index (χ1n) is 32.5. The van der Waals surface area contributed by atoms with Gasteiger partial charge in [0.05, 0.1) is 13.2 Å². The second kappa shape index (κ2) is 60.4. The first-order valence-corrected chi connectivity index (χ1v) is 35.0. The highest BCUT2D eigenvalue weighted by atomic mass is 28.4. The van der Waals surface area contributed by atoms with E-state index in [0.717, 1.165) is 19.8 Å². The Hall–Kier alpha value is 0.137. The molecule has 0 heterocycles. The normalized spacial score (nSPS) is 12.0. The molecule has 0 saturated heterocycles. The van der Waals surface area contributed by atoms with E-state index in [9.17, 15) is 0 Å². The smallest absolute Gasteiger partial charge is 0.192 e. The van der Waals surface area contributed by atoms with E-state index in [1.54, 1.807) is 0 Å². The van der Waals surface area contributed by atoms with E-state index in [4.69, 9.17) is 9.16 Å². The summed E-state index contributed by atoms with van der Waals surface area (Å²) < 4.78 is 13.0. The summed E-state index contributed by atoms with van der Waals surface area (Å²) >= 11 is 0. The van der Waals surface area contributed by atoms with Gasteiger partial charge in [0.1, 0.15) is 0 Å². The van der Waals surface area contributed by atoms with Crippen molar-refractivity contribution in [2.24, 2.45) is 0 Å². The van der Waals surface area contributed by atoms with Crippen LogP contribution >= 0.6 is 0 Å². The molecular weight excluding hydrogens is 829 g/mol. The molecule has 0 aliphatic carbocycles. The van der Waals surface area contributed by atoms with Crippen LogP contribution in [-0.4, -0.2) is 28.1 Å². The van der Waals surface area contributed by atoms with Gasteiger partial charge in [-0.25, -0.2) is 0 Å². The molecule has 404 valence electrons. The fraction of sp³-hybridized carbons (Fsp3) is 1.00. The minimum absolute atomic E-state index is 0.794. The van der Waals surface area contributed by atoms with Crippen LogP contribution in [0.5, 0.6) is 0 Å². The molecule has 3 heteroatoms. The molecular formula is C64H132O2Si. The Labute approximate surface area is 427 Å². The Kier molecular flexibility index (Phi) is 60.6. The maximum Gasteiger partial charge on any atom is 0.192 e. The van der Waals surface area contributed by atoms with Crippen molar-refractivity contribution in [2.45, 2.75) is 393 Å². The summed E-state index contributed by atoms with van der Waals surface area (Å²) in [6.07, 6.45) is 78.7. The molecule has 67 heavy (non-hydrogen) atoms. The fourth-order valence-corrected chi connectivity index (χ4v) is 15.5. The first-order chi connectivity index (χ1) is 33.2. The lowest BCUT2D eigenvalue weighted by molar-refractivity contribution is 0.105. The SMILES string of the molecule is CCCCCCCCCCCCCCCCCCCC[Si](CCCCCCCCCCCCCCCCCCCC)(CCCCCCCCCCCCCCCCCCCC)OCCOCC. The van der Waals surface area contributed by atoms with Crippen LogP contribution in [0.4, 0.5) is 0 Å². The average Bonchev–Trinajstić information content (AvgIpc) is 3.34. The highest BCUT2D eigenvalue weighted by Gasteiger charge is 2.33. The molecule has 0 spiro atoms. The topological polar surface area (TPSA) is 18.5 Å². The molecule has 0 saturated carbocycles. The predicted octanol–water partition coefficient (Wildman–Crippen LogP) is 24.1. The molecule has 0 N–H and O–H groups in total. The third kappa shape index (κ3) is 55.3. The summed E-state index contributed by atoms with van der Waals surface area (Å²) in [5.74, 6) is 0. The molecule has 0 aromatic rings. The summed E-state index contributed by atoms with van der Waals surface area (Å²) in [5, 5.41) is 0. The van der Waals surface area contributed by atoms with E-state index >= 15 is 0 Å². The van der Waals surface area contributed by atoms with Gasteiger partial charge in [-0.05, 0) is 25.1 Å². The molecule has 0 aliphatic rings. The zero-order valence-corrected chi connectivity index (χ0v) is 48.7. The molecule has 0 unspecified atom stereocenters. The zero-order chi connectivity index (χ0) is 48.3. The molecule has 0 aromatic carbocycles. The minimum atomic E-state index is -1.76. The van der Waals surface area contributed by atoms with E-state index in [0.29, 0.717) is 0 Å². The van der Waals surface area contributed by atoms with E-state index in [1.165, 1.54) is 365 Å². The maximum atomic E-state index is 7.15. The van der Waals surface area contributed by atoms with Gasteiger partial charge in [0, 0.05) is 6.61 Å². The monoisotopic (exact) mass is 961 g/mol. The molecule has 0 amide bonds. The molecule has 0 bridgehead atoms. The van der Waals surface area contributed by atoms with Crippen LogP contribution < -0.4 is 0 Å². The van der Waals surface area contributed by atoms with Crippen molar-refractivity contribution in [3.63, 3.8) is 0 Å². The van der Waals surface area contributed by atoms with Crippen LogP contribution in [0.15, 0.2) is 0 Å². The van der Waals surface area contributed by atoms with Crippen LogP contribution in [0.1, 0.15) is 374 Å². The third-order valence-corrected chi connectivity index (χ3v) is 20.4. The molecule has 2 nitrogen and oxygen atoms in total. The van der Waals surface area contributed by atoms with Gasteiger partial charge in [-0.3, -0.25) is 0 Å². The second-order valence-corrected chi connectivity index (χ2v) is 26.7. The summed E-state index contributed by atoms with van der Waals surface area (Å²) in [6.45, 7) is 11.6. The number of unbranched alkanes of at least 4 members (excludes halogenated alkanes) is 51. The van der Waals surface area contributed by atoms with Crippen molar-refractivity contribution in [2.75, 3.05) is 19.8 Å². The van der Waals surface area contributed by atoms with E-state index in [2.05, 4.69) is 27.7 Å². The van der Waals surface area contributed by atoms with Gasteiger partial charge in [-0.15, -0.1) is 0 Å². The summed E-state index contributed by atoms with van der Waals surface area (Å²) in [7, 11) is -1.76.